The molecule has 0 fully saturated rings. The number of ether oxygens (including phenoxy) is 3. The van der Waals surface area contributed by atoms with Gasteiger partial charge in [0.15, 0.2) is 6.79 Å². The Hall–Kier alpha value is -0.940. The molecule has 9 nitrogen and oxygen atoms in total. The molecule has 0 radical (unpaired) electrons. The van der Waals surface area contributed by atoms with Crippen molar-refractivity contribution in [1.82, 2.24) is 4.90 Å². The topological polar surface area (TPSA) is 77.1 Å². The van der Waals surface area contributed by atoms with Crippen LogP contribution in [0.1, 0.15) is 57.6 Å². The molecular weight excluding hydrogens is 640 g/mol. The Morgan fingerprint density at radius 1 is 0.795 bits per heavy atom. The Labute approximate surface area is 275 Å². The summed E-state index contributed by atoms with van der Waals surface area (Å²) in [4.78, 5) is 2.10. The van der Waals surface area contributed by atoms with Gasteiger partial charge in [-0.15, -0.1) is 0 Å². The zero-order valence-corrected chi connectivity index (χ0v) is 30.5. The van der Waals surface area contributed by atoms with E-state index in [4.69, 9.17) is 60.2 Å². The molecule has 2 rings (SSSR count). The van der Waals surface area contributed by atoms with Gasteiger partial charge in [0.05, 0.1) is 33.0 Å². The maximum absolute atomic E-state index is 6.33. The molecular formula is C31H51NO8P2S2. The first-order chi connectivity index (χ1) is 21.2. The molecule has 250 valence electrons. The molecule has 44 heavy (non-hydrogen) atoms. The monoisotopic (exact) mass is 691 g/mol. The van der Waals surface area contributed by atoms with Gasteiger partial charge >= 0.3 is 13.4 Å². The molecule has 0 aliphatic carbocycles. The molecule has 0 saturated heterocycles. The van der Waals surface area contributed by atoms with Crippen LogP contribution < -0.4 is 9.47 Å². The van der Waals surface area contributed by atoms with Crippen molar-refractivity contribution in [2.24, 2.45) is 0 Å². The van der Waals surface area contributed by atoms with Gasteiger partial charge in [0.1, 0.15) is 18.1 Å². The molecule has 1 unspecified atom stereocenters. The molecule has 13 heteroatoms. The molecule has 2 aromatic rings. The van der Waals surface area contributed by atoms with Gasteiger partial charge in [-0.2, -0.15) is 0 Å². The van der Waals surface area contributed by atoms with Crippen LogP contribution in [0.15, 0.2) is 48.5 Å². The Morgan fingerprint density at radius 2 is 1.43 bits per heavy atom. The van der Waals surface area contributed by atoms with Crippen molar-refractivity contribution in [3.05, 3.63) is 59.7 Å². The number of hydrogen-bond donors (Lipinski definition) is 0. The Balaban J connectivity index is 2.07. The van der Waals surface area contributed by atoms with Gasteiger partial charge in [0.25, 0.3) is 0 Å². The van der Waals surface area contributed by atoms with Crippen molar-refractivity contribution in [3.63, 3.8) is 0 Å². The van der Waals surface area contributed by atoms with Gasteiger partial charge in [-0.1, -0.05) is 51.1 Å². The van der Waals surface area contributed by atoms with Gasteiger partial charge in [-0.25, -0.2) is 4.31 Å². The second-order valence-corrected chi connectivity index (χ2v) is 16.5. The fourth-order valence-corrected chi connectivity index (χ4v) is 9.90. The van der Waals surface area contributed by atoms with Crippen LogP contribution in [0.3, 0.4) is 0 Å². The fourth-order valence-electron chi connectivity index (χ4n) is 3.85. The third kappa shape index (κ3) is 15.6. The van der Waals surface area contributed by atoms with Crippen LogP contribution in [-0.2, 0) is 63.6 Å². The second-order valence-electron chi connectivity index (χ2n) is 10.4. The SMILES string of the molecule is CCCOP(=S)(OCCC)OP(=S)(OCCC)OCO[C@@H](CCN(C)C)COc1ccccc1CCc1cccc(OC)c1. The van der Waals surface area contributed by atoms with Crippen molar-refractivity contribution in [3.8, 4) is 11.5 Å². The van der Waals surface area contributed by atoms with Crippen LogP contribution in [-0.4, -0.2) is 72.0 Å². The summed E-state index contributed by atoms with van der Waals surface area (Å²) in [6, 6.07) is 16.2. The molecule has 2 aromatic carbocycles. The van der Waals surface area contributed by atoms with Gasteiger partial charge in [0, 0.05) is 6.54 Å². The standard InChI is InChI=1S/C31H51NO8P2S2/c1-7-21-36-41(43,37-22-8-2)40-42(44,38-23-9-3)39-26-35-30(19-20-32(4)5)25-34-31-16-11-10-14-28(31)18-17-27-13-12-15-29(24-27)33-6/h10-16,24,30H,7-9,17-23,25-26H2,1-6H3/t30-,42?/m0/s1. The maximum Gasteiger partial charge on any atom is 0.336 e. The summed E-state index contributed by atoms with van der Waals surface area (Å²) in [5, 5.41) is 0. The van der Waals surface area contributed by atoms with Gasteiger partial charge in [-0.05, 0) is 106 Å². The summed E-state index contributed by atoms with van der Waals surface area (Å²) in [5.41, 5.74) is 2.33. The number of methoxy groups -OCH3 is 1. The van der Waals surface area contributed by atoms with E-state index in [0.717, 1.165) is 62.1 Å². The van der Waals surface area contributed by atoms with Crippen LogP contribution >= 0.6 is 13.4 Å². The summed E-state index contributed by atoms with van der Waals surface area (Å²) in [5.74, 6) is 1.68. The van der Waals surface area contributed by atoms with Crippen molar-refractivity contribution < 1.29 is 36.6 Å². The summed E-state index contributed by atoms with van der Waals surface area (Å²) in [6.45, 7) is 1.62. The molecule has 0 amide bonds. The molecule has 0 heterocycles. The van der Waals surface area contributed by atoms with Crippen LogP contribution in [0, 0.1) is 0 Å². The lowest BCUT2D eigenvalue weighted by Gasteiger charge is -2.29. The first-order valence-electron chi connectivity index (χ1n) is 15.2. The molecule has 2 atom stereocenters. The minimum Gasteiger partial charge on any atom is -0.497 e. The Bertz CT molecular complexity index is 1160. The molecule has 0 saturated carbocycles. The first kappa shape index (κ1) is 39.2. The summed E-state index contributed by atoms with van der Waals surface area (Å²) >= 11 is 11.4. The summed E-state index contributed by atoms with van der Waals surface area (Å²) < 4.78 is 47.5. The van der Waals surface area contributed by atoms with E-state index < -0.39 is 13.4 Å². The number of rotatable bonds is 25. The van der Waals surface area contributed by atoms with Crippen LogP contribution in [0.5, 0.6) is 11.5 Å². The molecule has 0 aliphatic heterocycles. The van der Waals surface area contributed by atoms with Crippen LogP contribution in [0.2, 0.25) is 0 Å². The van der Waals surface area contributed by atoms with Gasteiger partial charge in [-0.3, -0.25) is 4.52 Å². The summed E-state index contributed by atoms with van der Waals surface area (Å²) in [7, 11) is 5.73. The van der Waals surface area contributed by atoms with Gasteiger partial charge < -0.3 is 32.7 Å². The van der Waals surface area contributed by atoms with Crippen LogP contribution in [0.4, 0.5) is 0 Å². The predicted molar refractivity (Wildman–Crippen MR) is 185 cm³/mol. The van der Waals surface area contributed by atoms with Crippen molar-refractivity contribution in [2.45, 2.75) is 65.4 Å². The Morgan fingerprint density at radius 3 is 2.05 bits per heavy atom. The van der Waals surface area contributed by atoms with E-state index in [9.17, 15) is 0 Å². The molecule has 0 spiro atoms. The molecule has 0 aliphatic rings. The molecule has 0 N–H and O–H groups in total. The summed E-state index contributed by atoms with van der Waals surface area (Å²) in [6.07, 6.45) is 4.40. The molecule has 0 aromatic heterocycles. The van der Waals surface area contributed by atoms with E-state index in [1.165, 1.54) is 5.56 Å². The Kier molecular flexibility index (Phi) is 19.4. The lowest BCUT2D eigenvalue weighted by Crippen LogP contribution is -2.28. The third-order valence-electron chi connectivity index (χ3n) is 6.19. The zero-order valence-electron chi connectivity index (χ0n) is 27.1. The van der Waals surface area contributed by atoms with Crippen molar-refractivity contribution >= 4 is 37.1 Å². The van der Waals surface area contributed by atoms with E-state index in [0.29, 0.717) is 26.4 Å². The van der Waals surface area contributed by atoms with E-state index in [2.05, 4.69) is 23.1 Å². The lowest BCUT2D eigenvalue weighted by atomic mass is 10.0. The minimum absolute atomic E-state index is 0.142. The fraction of sp³-hybridized carbons (Fsp3) is 0.613. The van der Waals surface area contributed by atoms with E-state index in [1.807, 2.05) is 65.2 Å². The van der Waals surface area contributed by atoms with Crippen molar-refractivity contribution in [1.29, 1.82) is 0 Å². The average Bonchev–Trinajstić information content (AvgIpc) is 3.02. The zero-order chi connectivity index (χ0) is 32.3. The second kappa shape index (κ2) is 21.8. The third-order valence-corrected chi connectivity index (χ3v) is 12.2. The largest absolute Gasteiger partial charge is 0.497 e. The normalized spacial score (nSPS) is 14.0. The predicted octanol–water partition coefficient (Wildman–Crippen LogP) is 7.92. The number of benzene rings is 2. The highest BCUT2D eigenvalue weighted by Crippen LogP contribution is 2.66. The maximum atomic E-state index is 6.33. The van der Waals surface area contributed by atoms with Crippen LogP contribution in [0.25, 0.3) is 0 Å². The van der Waals surface area contributed by atoms with E-state index >= 15 is 0 Å². The average molecular weight is 692 g/mol. The number of aryl methyl sites for hydroxylation is 2. The highest BCUT2D eigenvalue weighted by atomic mass is 32.5. The highest BCUT2D eigenvalue weighted by Gasteiger charge is 2.33. The first-order valence-corrected chi connectivity index (χ1v) is 20.4. The molecule has 0 bridgehead atoms. The quantitative estimate of drug-likeness (QED) is 0.0753. The van der Waals surface area contributed by atoms with E-state index in [-0.39, 0.29) is 12.9 Å². The number of para-hydroxylation sites is 1. The minimum atomic E-state index is -3.32. The smallest absolute Gasteiger partial charge is 0.336 e. The number of nitrogens with zero attached hydrogens (tertiary/aromatic N) is 1. The van der Waals surface area contributed by atoms with E-state index in [1.54, 1.807) is 7.11 Å². The lowest BCUT2D eigenvalue weighted by molar-refractivity contribution is -0.0630. The highest BCUT2D eigenvalue weighted by molar-refractivity contribution is 8.14. The number of hydrogen-bond acceptors (Lipinski definition) is 11. The van der Waals surface area contributed by atoms with Crippen molar-refractivity contribution in [2.75, 3.05) is 61.0 Å². The van der Waals surface area contributed by atoms with Gasteiger partial charge in [0.2, 0.25) is 0 Å².